The molecule has 0 unspecified atom stereocenters. The zero-order chi connectivity index (χ0) is 21.2. The average Bonchev–Trinajstić information content (AvgIpc) is 3.38. The quantitative estimate of drug-likeness (QED) is 0.437. The van der Waals surface area contributed by atoms with Crippen LogP contribution in [0.5, 0.6) is 0 Å². The maximum atomic E-state index is 4.70. The summed E-state index contributed by atoms with van der Waals surface area (Å²) in [7, 11) is 2.13. The molecule has 1 saturated heterocycles. The van der Waals surface area contributed by atoms with Gasteiger partial charge in [0, 0.05) is 30.9 Å². The highest BCUT2D eigenvalue weighted by molar-refractivity contribution is 9.10. The molecular weight excluding hydrogens is 456 g/mol. The van der Waals surface area contributed by atoms with Crippen LogP contribution < -0.4 is 10.6 Å². The Labute approximate surface area is 188 Å². The first-order chi connectivity index (χ1) is 15.2. The van der Waals surface area contributed by atoms with Crippen molar-refractivity contribution in [2.24, 2.45) is 0 Å². The van der Waals surface area contributed by atoms with Gasteiger partial charge in [0.2, 0.25) is 11.9 Å². The molecule has 2 N–H and O–H groups in total. The molecule has 1 aliphatic heterocycles. The number of benzene rings is 1. The largest absolute Gasteiger partial charge is 0.350 e. The molecule has 8 nitrogen and oxygen atoms in total. The monoisotopic (exact) mass is 478 g/mol. The van der Waals surface area contributed by atoms with Gasteiger partial charge in [-0.15, -0.1) is 0 Å². The number of hydrogen-bond acceptors (Lipinski definition) is 7. The van der Waals surface area contributed by atoms with Crippen molar-refractivity contribution in [2.45, 2.75) is 19.0 Å². The van der Waals surface area contributed by atoms with Gasteiger partial charge in [0.15, 0.2) is 5.65 Å². The molecule has 9 heteroatoms. The van der Waals surface area contributed by atoms with Gasteiger partial charge in [0.05, 0.1) is 16.4 Å². The van der Waals surface area contributed by atoms with Crippen LogP contribution in [0.15, 0.2) is 59.3 Å². The van der Waals surface area contributed by atoms with Crippen LogP contribution in [-0.4, -0.2) is 55.6 Å². The molecule has 1 atom stereocenters. The maximum Gasteiger partial charge on any atom is 0.229 e. The van der Waals surface area contributed by atoms with Crippen molar-refractivity contribution >= 4 is 33.5 Å². The lowest BCUT2D eigenvalue weighted by Gasteiger charge is -2.15. The van der Waals surface area contributed by atoms with Gasteiger partial charge in [-0.05, 0) is 53.6 Å². The van der Waals surface area contributed by atoms with E-state index in [-0.39, 0.29) is 0 Å². The van der Waals surface area contributed by atoms with Crippen LogP contribution in [-0.2, 0) is 6.54 Å². The number of hydrogen-bond donors (Lipinski definition) is 2. The summed E-state index contributed by atoms with van der Waals surface area (Å²) < 4.78 is 2.56. The molecule has 0 bridgehead atoms. The van der Waals surface area contributed by atoms with E-state index in [4.69, 9.17) is 4.98 Å². The summed E-state index contributed by atoms with van der Waals surface area (Å²) in [4.78, 5) is 16.1. The van der Waals surface area contributed by atoms with Gasteiger partial charge in [-0.1, -0.05) is 30.3 Å². The van der Waals surface area contributed by atoms with Crippen LogP contribution in [0, 0.1) is 0 Å². The normalized spacial score (nSPS) is 16.6. The Morgan fingerprint density at radius 3 is 2.74 bits per heavy atom. The second kappa shape index (κ2) is 8.60. The fourth-order valence-corrected chi connectivity index (χ4v) is 4.12. The molecule has 3 aromatic heterocycles. The standard InChI is InChI=1S/C22H23BrN8/c1-30-11-9-17(14-30)27-21-28-20-18(23)13-26-31(20)22(29-21)25-12-15-5-7-16(8-6-15)19-4-2-3-10-24-19/h2-8,10,13,17H,9,11-12,14H2,1H3,(H2,25,27,28,29)/t17-/m0/s1. The highest BCUT2D eigenvalue weighted by Crippen LogP contribution is 2.22. The summed E-state index contributed by atoms with van der Waals surface area (Å²) in [5.41, 5.74) is 3.94. The van der Waals surface area contributed by atoms with E-state index < -0.39 is 0 Å². The number of pyridine rings is 1. The lowest BCUT2D eigenvalue weighted by Crippen LogP contribution is -2.25. The van der Waals surface area contributed by atoms with E-state index in [1.165, 1.54) is 0 Å². The SMILES string of the molecule is CN1CC[C@H](Nc2nc(NCc3ccc(-c4ccccn4)cc3)n3ncc(Br)c3n2)C1. The smallest absolute Gasteiger partial charge is 0.229 e. The van der Waals surface area contributed by atoms with Crippen molar-refractivity contribution in [3.8, 4) is 11.3 Å². The molecule has 0 aliphatic carbocycles. The third kappa shape index (κ3) is 4.38. The summed E-state index contributed by atoms with van der Waals surface area (Å²) in [6.07, 6.45) is 4.63. The number of rotatable bonds is 6. The van der Waals surface area contributed by atoms with Gasteiger partial charge >= 0.3 is 0 Å². The van der Waals surface area contributed by atoms with Gasteiger partial charge in [-0.3, -0.25) is 4.98 Å². The van der Waals surface area contributed by atoms with Gasteiger partial charge in [-0.25, -0.2) is 0 Å². The molecular formula is C22H23BrN8. The summed E-state index contributed by atoms with van der Waals surface area (Å²) in [6, 6.07) is 14.6. The van der Waals surface area contributed by atoms with Crippen LogP contribution in [0.1, 0.15) is 12.0 Å². The van der Waals surface area contributed by atoms with Crippen molar-refractivity contribution in [1.29, 1.82) is 0 Å². The molecule has 0 spiro atoms. The average molecular weight is 479 g/mol. The number of nitrogens with one attached hydrogen (secondary N) is 2. The summed E-state index contributed by atoms with van der Waals surface area (Å²) in [6.45, 7) is 2.69. The summed E-state index contributed by atoms with van der Waals surface area (Å²) in [5, 5.41) is 11.3. The molecule has 1 fully saturated rings. The highest BCUT2D eigenvalue weighted by Gasteiger charge is 2.21. The molecule has 5 rings (SSSR count). The predicted molar refractivity (Wildman–Crippen MR) is 125 cm³/mol. The first-order valence-corrected chi connectivity index (χ1v) is 11.1. The Bertz CT molecular complexity index is 1180. The van der Waals surface area contributed by atoms with E-state index >= 15 is 0 Å². The zero-order valence-corrected chi connectivity index (χ0v) is 18.7. The lowest BCUT2D eigenvalue weighted by molar-refractivity contribution is 0.414. The number of nitrogens with zero attached hydrogens (tertiary/aromatic N) is 6. The summed E-state index contributed by atoms with van der Waals surface area (Å²) in [5.74, 6) is 1.26. The van der Waals surface area contributed by atoms with Crippen molar-refractivity contribution in [3.05, 3.63) is 64.9 Å². The minimum Gasteiger partial charge on any atom is -0.350 e. The zero-order valence-electron chi connectivity index (χ0n) is 17.2. The van der Waals surface area contributed by atoms with Crippen LogP contribution in [0.3, 0.4) is 0 Å². The number of likely N-dealkylation sites (tertiary alicyclic amines) is 1. The Morgan fingerprint density at radius 2 is 2.00 bits per heavy atom. The highest BCUT2D eigenvalue weighted by atomic mass is 79.9. The number of aromatic nitrogens is 5. The first kappa shape index (κ1) is 19.9. The molecule has 31 heavy (non-hydrogen) atoms. The minimum atomic E-state index is 0.348. The molecule has 0 amide bonds. The first-order valence-electron chi connectivity index (χ1n) is 10.3. The summed E-state index contributed by atoms with van der Waals surface area (Å²) >= 11 is 3.54. The van der Waals surface area contributed by atoms with E-state index in [1.54, 1.807) is 10.7 Å². The van der Waals surface area contributed by atoms with Crippen LogP contribution in [0.2, 0.25) is 0 Å². The van der Waals surface area contributed by atoms with Crippen molar-refractivity contribution in [2.75, 3.05) is 30.8 Å². The fraction of sp³-hybridized carbons (Fsp3) is 0.273. The van der Waals surface area contributed by atoms with Gasteiger partial charge < -0.3 is 15.5 Å². The second-order valence-electron chi connectivity index (χ2n) is 7.76. The lowest BCUT2D eigenvalue weighted by atomic mass is 10.1. The molecule has 158 valence electrons. The molecule has 1 aromatic carbocycles. The fourth-order valence-electron chi connectivity index (χ4n) is 3.77. The number of fused-ring (bicyclic) bond motifs is 1. The Kier molecular flexibility index (Phi) is 5.52. The molecule has 0 radical (unpaired) electrons. The van der Waals surface area contributed by atoms with Crippen LogP contribution >= 0.6 is 15.9 Å². The molecule has 1 aliphatic rings. The van der Waals surface area contributed by atoms with E-state index in [9.17, 15) is 0 Å². The van der Waals surface area contributed by atoms with Gasteiger partial charge in [0.25, 0.3) is 0 Å². The number of likely N-dealkylation sites (N-methyl/N-ethyl adjacent to an activating group) is 1. The Morgan fingerprint density at radius 1 is 1.13 bits per heavy atom. The topological polar surface area (TPSA) is 83.3 Å². The van der Waals surface area contributed by atoms with Crippen molar-refractivity contribution < 1.29 is 0 Å². The van der Waals surface area contributed by atoms with Crippen molar-refractivity contribution in [3.63, 3.8) is 0 Å². The Balaban J connectivity index is 1.34. The third-order valence-corrected chi connectivity index (χ3v) is 5.97. The second-order valence-corrected chi connectivity index (χ2v) is 8.61. The number of anilines is 2. The third-order valence-electron chi connectivity index (χ3n) is 5.41. The van der Waals surface area contributed by atoms with Gasteiger partial charge in [0.1, 0.15) is 0 Å². The predicted octanol–water partition coefficient (Wildman–Crippen LogP) is 3.68. The number of halogens is 1. The van der Waals surface area contributed by atoms with E-state index in [0.29, 0.717) is 24.5 Å². The maximum absolute atomic E-state index is 4.70. The van der Waals surface area contributed by atoms with Crippen molar-refractivity contribution in [1.82, 2.24) is 29.5 Å². The van der Waals surface area contributed by atoms with E-state index in [0.717, 1.165) is 46.5 Å². The van der Waals surface area contributed by atoms with Crippen LogP contribution in [0.25, 0.3) is 16.9 Å². The Hall–Kier alpha value is -3.04. The molecule has 0 saturated carbocycles. The molecule has 4 aromatic rings. The molecule has 4 heterocycles. The van der Waals surface area contributed by atoms with E-state index in [2.05, 4.69) is 77.8 Å². The van der Waals surface area contributed by atoms with Gasteiger partial charge in [-0.2, -0.15) is 19.6 Å². The minimum absolute atomic E-state index is 0.348. The van der Waals surface area contributed by atoms with E-state index in [1.807, 2.05) is 24.4 Å². The van der Waals surface area contributed by atoms with Crippen LogP contribution in [0.4, 0.5) is 11.9 Å².